The second-order valence-electron chi connectivity index (χ2n) is 6.27. The van der Waals surface area contributed by atoms with Crippen molar-refractivity contribution in [3.8, 4) is 5.75 Å². The standard InChI is InChI=1S/C16H25NO/c1-15(2)14(11-17-4)16(15,3)10-12-6-8-13(18-5)9-7-12/h6-9,14,17H,10-11H2,1-5H3. The van der Waals surface area contributed by atoms with E-state index in [4.69, 9.17) is 4.74 Å². The molecule has 2 unspecified atom stereocenters. The summed E-state index contributed by atoms with van der Waals surface area (Å²) >= 11 is 0. The quantitative estimate of drug-likeness (QED) is 0.863. The van der Waals surface area contributed by atoms with Gasteiger partial charge in [-0.15, -0.1) is 0 Å². The second kappa shape index (κ2) is 4.58. The highest BCUT2D eigenvalue weighted by atomic mass is 16.5. The fourth-order valence-electron chi connectivity index (χ4n) is 3.40. The minimum absolute atomic E-state index is 0.407. The van der Waals surface area contributed by atoms with Crippen molar-refractivity contribution in [2.24, 2.45) is 16.7 Å². The first-order valence-corrected chi connectivity index (χ1v) is 6.73. The molecule has 1 saturated carbocycles. The fourth-order valence-corrected chi connectivity index (χ4v) is 3.40. The molecule has 2 heteroatoms. The predicted molar refractivity (Wildman–Crippen MR) is 76.0 cm³/mol. The number of methoxy groups -OCH3 is 1. The lowest BCUT2D eigenvalue weighted by Crippen LogP contribution is -2.14. The molecule has 1 aromatic rings. The number of ether oxygens (including phenoxy) is 1. The molecule has 1 N–H and O–H groups in total. The maximum atomic E-state index is 5.21. The van der Waals surface area contributed by atoms with Crippen molar-refractivity contribution in [3.63, 3.8) is 0 Å². The van der Waals surface area contributed by atoms with E-state index in [9.17, 15) is 0 Å². The summed E-state index contributed by atoms with van der Waals surface area (Å²) in [5.41, 5.74) is 2.24. The highest BCUT2D eigenvalue weighted by molar-refractivity contribution is 5.30. The van der Waals surface area contributed by atoms with E-state index in [1.807, 2.05) is 7.05 Å². The van der Waals surface area contributed by atoms with Crippen molar-refractivity contribution in [2.75, 3.05) is 20.7 Å². The molecular weight excluding hydrogens is 222 g/mol. The molecule has 0 bridgehead atoms. The van der Waals surface area contributed by atoms with Gasteiger partial charge in [0.1, 0.15) is 5.75 Å². The minimum atomic E-state index is 0.407. The van der Waals surface area contributed by atoms with Gasteiger partial charge in [0.25, 0.3) is 0 Å². The normalized spacial score (nSPS) is 29.1. The predicted octanol–water partition coefficient (Wildman–Crippen LogP) is 3.12. The van der Waals surface area contributed by atoms with Crippen LogP contribution in [-0.2, 0) is 6.42 Å². The highest BCUT2D eigenvalue weighted by Crippen LogP contribution is 2.69. The van der Waals surface area contributed by atoms with Gasteiger partial charge in [-0.3, -0.25) is 0 Å². The summed E-state index contributed by atoms with van der Waals surface area (Å²) in [6.45, 7) is 8.30. The SMILES string of the molecule is CNCC1C(C)(C)C1(C)Cc1ccc(OC)cc1. The summed E-state index contributed by atoms with van der Waals surface area (Å²) in [5.74, 6) is 1.70. The first-order valence-electron chi connectivity index (χ1n) is 6.73. The van der Waals surface area contributed by atoms with Crippen molar-refractivity contribution in [1.82, 2.24) is 5.32 Å². The molecule has 2 atom stereocenters. The molecule has 0 saturated heterocycles. The van der Waals surface area contributed by atoms with Crippen LogP contribution in [0.1, 0.15) is 26.3 Å². The molecule has 1 aliphatic carbocycles. The lowest BCUT2D eigenvalue weighted by molar-refractivity contribution is 0.409. The van der Waals surface area contributed by atoms with Crippen LogP contribution in [0, 0.1) is 16.7 Å². The van der Waals surface area contributed by atoms with E-state index in [-0.39, 0.29) is 0 Å². The Morgan fingerprint density at radius 3 is 2.28 bits per heavy atom. The maximum absolute atomic E-state index is 5.21. The lowest BCUT2D eigenvalue weighted by Gasteiger charge is -2.15. The van der Waals surface area contributed by atoms with Crippen molar-refractivity contribution >= 4 is 0 Å². The van der Waals surface area contributed by atoms with Crippen LogP contribution in [-0.4, -0.2) is 20.7 Å². The van der Waals surface area contributed by atoms with Gasteiger partial charge in [-0.1, -0.05) is 32.9 Å². The third-order valence-corrected chi connectivity index (χ3v) is 5.17. The number of hydrogen-bond donors (Lipinski definition) is 1. The summed E-state index contributed by atoms with van der Waals surface area (Å²) in [6, 6.07) is 8.49. The summed E-state index contributed by atoms with van der Waals surface area (Å²) in [6.07, 6.45) is 1.15. The van der Waals surface area contributed by atoms with Crippen LogP contribution < -0.4 is 10.1 Å². The van der Waals surface area contributed by atoms with E-state index in [0.29, 0.717) is 10.8 Å². The molecule has 18 heavy (non-hydrogen) atoms. The van der Waals surface area contributed by atoms with Crippen LogP contribution in [0.15, 0.2) is 24.3 Å². The van der Waals surface area contributed by atoms with Gasteiger partial charge in [-0.05, 0) is 54.5 Å². The van der Waals surface area contributed by atoms with E-state index in [1.54, 1.807) is 7.11 Å². The first-order chi connectivity index (χ1) is 8.45. The average Bonchev–Trinajstić information content (AvgIpc) is 2.75. The molecule has 2 nitrogen and oxygen atoms in total. The zero-order chi connectivity index (χ0) is 13.4. The molecule has 0 amide bonds. The molecule has 2 rings (SSSR count). The first kappa shape index (κ1) is 13.4. The van der Waals surface area contributed by atoms with Gasteiger partial charge in [0.2, 0.25) is 0 Å². The van der Waals surface area contributed by atoms with Gasteiger partial charge in [0.05, 0.1) is 7.11 Å². The molecule has 0 aliphatic heterocycles. The monoisotopic (exact) mass is 247 g/mol. The minimum Gasteiger partial charge on any atom is -0.497 e. The molecule has 1 aliphatic rings. The topological polar surface area (TPSA) is 21.3 Å². The maximum Gasteiger partial charge on any atom is 0.118 e. The molecule has 0 aromatic heterocycles. The molecule has 1 aromatic carbocycles. The lowest BCUT2D eigenvalue weighted by atomic mass is 9.90. The zero-order valence-corrected chi connectivity index (χ0v) is 12.2. The van der Waals surface area contributed by atoms with Crippen molar-refractivity contribution in [2.45, 2.75) is 27.2 Å². The highest BCUT2D eigenvalue weighted by Gasteiger charge is 2.66. The molecule has 0 heterocycles. The van der Waals surface area contributed by atoms with E-state index < -0.39 is 0 Å². The Bertz CT molecular complexity index is 410. The van der Waals surface area contributed by atoms with Gasteiger partial charge >= 0.3 is 0 Å². The van der Waals surface area contributed by atoms with Gasteiger partial charge < -0.3 is 10.1 Å². The number of hydrogen-bond acceptors (Lipinski definition) is 2. The Labute approximate surface area is 111 Å². The van der Waals surface area contributed by atoms with Crippen molar-refractivity contribution in [3.05, 3.63) is 29.8 Å². The Balaban J connectivity index is 2.09. The van der Waals surface area contributed by atoms with E-state index in [2.05, 4.69) is 50.4 Å². The summed E-state index contributed by atoms with van der Waals surface area (Å²) < 4.78 is 5.21. The fraction of sp³-hybridized carbons (Fsp3) is 0.625. The van der Waals surface area contributed by atoms with E-state index in [1.165, 1.54) is 5.56 Å². The Hall–Kier alpha value is -1.02. The molecule has 0 radical (unpaired) electrons. The third kappa shape index (κ3) is 2.03. The number of benzene rings is 1. The molecular formula is C16H25NO. The van der Waals surface area contributed by atoms with Crippen LogP contribution in [0.25, 0.3) is 0 Å². The molecule has 100 valence electrons. The summed E-state index contributed by atoms with van der Waals surface area (Å²) in [7, 11) is 3.76. The van der Waals surface area contributed by atoms with Crippen molar-refractivity contribution < 1.29 is 4.74 Å². The smallest absolute Gasteiger partial charge is 0.118 e. The Morgan fingerprint density at radius 1 is 1.17 bits per heavy atom. The largest absolute Gasteiger partial charge is 0.497 e. The van der Waals surface area contributed by atoms with Gasteiger partial charge in [-0.2, -0.15) is 0 Å². The van der Waals surface area contributed by atoms with Gasteiger partial charge in [-0.25, -0.2) is 0 Å². The second-order valence-corrected chi connectivity index (χ2v) is 6.27. The molecule has 1 fully saturated rings. The van der Waals surface area contributed by atoms with Crippen LogP contribution in [0.5, 0.6) is 5.75 Å². The Kier molecular flexibility index (Phi) is 3.41. The third-order valence-electron chi connectivity index (χ3n) is 5.17. The summed E-state index contributed by atoms with van der Waals surface area (Å²) in [4.78, 5) is 0. The number of rotatable bonds is 5. The van der Waals surface area contributed by atoms with Crippen LogP contribution >= 0.6 is 0 Å². The van der Waals surface area contributed by atoms with Crippen molar-refractivity contribution in [1.29, 1.82) is 0 Å². The molecule has 0 spiro atoms. The Morgan fingerprint density at radius 2 is 1.78 bits per heavy atom. The number of nitrogens with one attached hydrogen (secondary N) is 1. The van der Waals surface area contributed by atoms with Crippen LogP contribution in [0.3, 0.4) is 0 Å². The van der Waals surface area contributed by atoms with Gasteiger partial charge in [0.15, 0.2) is 0 Å². The zero-order valence-electron chi connectivity index (χ0n) is 12.2. The van der Waals surface area contributed by atoms with Crippen LogP contribution in [0.4, 0.5) is 0 Å². The summed E-state index contributed by atoms with van der Waals surface area (Å²) in [5, 5.41) is 3.32. The van der Waals surface area contributed by atoms with E-state index >= 15 is 0 Å². The average molecular weight is 247 g/mol. The van der Waals surface area contributed by atoms with Crippen LogP contribution in [0.2, 0.25) is 0 Å². The van der Waals surface area contributed by atoms with E-state index in [0.717, 1.165) is 24.6 Å². The van der Waals surface area contributed by atoms with Gasteiger partial charge in [0, 0.05) is 0 Å².